The van der Waals surface area contributed by atoms with Crippen molar-refractivity contribution in [3.05, 3.63) is 29.8 Å². The number of nitrogens with zero attached hydrogens (tertiary/aromatic N) is 1. The van der Waals surface area contributed by atoms with Gasteiger partial charge in [-0.15, -0.1) is 0 Å². The summed E-state index contributed by atoms with van der Waals surface area (Å²) in [6.45, 7) is 6.54. The summed E-state index contributed by atoms with van der Waals surface area (Å²) in [7, 11) is 0. The van der Waals surface area contributed by atoms with E-state index in [1.807, 2.05) is 17.0 Å². The number of nitrogens with one attached hydrogen (secondary N) is 1. The number of primary amides is 1. The molecule has 2 amide bonds. The van der Waals surface area contributed by atoms with Crippen molar-refractivity contribution < 1.29 is 14.3 Å². The molecule has 1 aromatic rings. The SMILES string of the molecule is CC(C)c1ccc(OCCC(=O)NC2CCN(CC(N)=O)CC2)cc1. The molecule has 1 heterocycles. The second-order valence-electron chi connectivity index (χ2n) is 6.91. The highest BCUT2D eigenvalue weighted by Crippen LogP contribution is 2.18. The molecule has 1 aliphatic rings. The van der Waals surface area contributed by atoms with Crippen LogP contribution in [-0.4, -0.2) is 49.0 Å². The molecule has 1 saturated heterocycles. The zero-order valence-electron chi connectivity index (χ0n) is 15.2. The lowest BCUT2D eigenvalue weighted by atomic mass is 10.0. The monoisotopic (exact) mass is 347 g/mol. The summed E-state index contributed by atoms with van der Waals surface area (Å²) in [6, 6.07) is 8.17. The summed E-state index contributed by atoms with van der Waals surface area (Å²) >= 11 is 0. The summed E-state index contributed by atoms with van der Waals surface area (Å²) < 4.78 is 5.64. The molecule has 6 nitrogen and oxygen atoms in total. The van der Waals surface area contributed by atoms with Crippen molar-refractivity contribution in [1.29, 1.82) is 0 Å². The summed E-state index contributed by atoms with van der Waals surface area (Å²) in [4.78, 5) is 25.0. The molecule has 0 aliphatic carbocycles. The van der Waals surface area contributed by atoms with Gasteiger partial charge in [0.25, 0.3) is 0 Å². The molecule has 0 saturated carbocycles. The van der Waals surface area contributed by atoms with Crippen molar-refractivity contribution in [2.24, 2.45) is 5.73 Å². The van der Waals surface area contributed by atoms with Crippen LogP contribution in [-0.2, 0) is 9.59 Å². The maximum Gasteiger partial charge on any atom is 0.231 e. The second-order valence-corrected chi connectivity index (χ2v) is 6.91. The lowest BCUT2D eigenvalue weighted by molar-refractivity contribution is -0.123. The molecule has 3 N–H and O–H groups in total. The zero-order valence-corrected chi connectivity index (χ0v) is 15.2. The third-order valence-corrected chi connectivity index (χ3v) is 4.48. The predicted octanol–water partition coefficient (Wildman–Crippen LogP) is 1.64. The van der Waals surface area contributed by atoms with E-state index < -0.39 is 0 Å². The van der Waals surface area contributed by atoms with Gasteiger partial charge in [0.1, 0.15) is 5.75 Å². The van der Waals surface area contributed by atoms with E-state index in [0.717, 1.165) is 31.7 Å². The fourth-order valence-electron chi connectivity index (χ4n) is 2.97. The van der Waals surface area contributed by atoms with E-state index in [-0.39, 0.29) is 17.9 Å². The van der Waals surface area contributed by atoms with Gasteiger partial charge in [0.05, 0.1) is 19.6 Å². The van der Waals surface area contributed by atoms with Crippen LogP contribution in [0.15, 0.2) is 24.3 Å². The lowest BCUT2D eigenvalue weighted by Crippen LogP contribution is -2.46. The smallest absolute Gasteiger partial charge is 0.231 e. The van der Waals surface area contributed by atoms with Crippen molar-refractivity contribution in [1.82, 2.24) is 10.2 Å². The van der Waals surface area contributed by atoms with Gasteiger partial charge in [-0.25, -0.2) is 0 Å². The minimum Gasteiger partial charge on any atom is -0.493 e. The Hall–Kier alpha value is -2.08. The molecule has 0 atom stereocenters. The van der Waals surface area contributed by atoms with Crippen molar-refractivity contribution in [3.8, 4) is 5.75 Å². The van der Waals surface area contributed by atoms with Crippen LogP contribution in [0.2, 0.25) is 0 Å². The molecule has 138 valence electrons. The highest BCUT2D eigenvalue weighted by Gasteiger charge is 2.21. The standard InChI is InChI=1S/C19H29N3O3/c1-14(2)15-3-5-17(6-4-15)25-12-9-19(24)21-16-7-10-22(11-8-16)13-18(20)23/h3-6,14,16H,7-13H2,1-2H3,(H2,20,23)(H,21,24). The lowest BCUT2D eigenvalue weighted by Gasteiger charge is -2.31. The first kappa shape index (κ1) is 19.2. The molecule has 1 aliphatic heterocycles. The molecular weight excluding hydrogens is 318 g/mol. The third-order valence-electron chi connectivity index (χ3n) is 4.48. The van der Waals surface area contributed by atoms with Crippen LogP contribution in [0.1, 0.15) is 44.6 Å². The molecule has 25 heavy (non-hydrogen) atoms. The van der Waals surface area contributed by atoms with Crippen LogP contribution in [0.3, 0.4) is 0 Å². The van der Waals surface area contributed by atoms with Crippen molar-refractivity contribution in [2.45, 2.75) is 45.1 Å². The quantitative estimate of drug-likeness (QED) is 0.749. The third kappa shape index (κ3) is 6.74. The van der Waals surface area contributed by atoms with E-state index in [1.54, 1.807) is 0 Å². The van der Waals surface area contributed by atoms with Gasteiger partial charge >= 0.3 is 0 Å². The number of likely N-dealkylation sites (tertiary alicyclic amines) is 1. The van der Waals surface area contributed by atoms with Gasteiger partial charge in [-0.05, 0) is 36.5 Å². The van der Waals surface area contributed by atoms with E-state index in [1.165, 1.54) is 5.56 Å². The zero-order chi connectivity index (χ0) is 18.2. The van der Waals surface area contributed by atoms with Gasteiger partial charge < -0.3 is 15.8 Å². The van der Waals surface area contributed by atoms with Gasteiger partial charge in [0.15, 0.2) is 0 Å². The number of amides is 2. The Morgan fingerprint density at radius 2 is 1.88 bits per heavy atom. The molecule has 1 aromatic carbocycles. The van der Waals surface area contributed by atoms with Crippen LogP contribution >= 0.6 is 0 Å². The Bertz CT molecular complexity index is 564. The van der Waals surface area contributed by atoms with Crippen LogP contribution in [0, 0.1) is 0 Å². The van der Waals surface area contributed by atoms with Gasteiger partial charge in [0, 0.05) is 19.1 Å². The number of benzene rings is 1. The number of nitrogens with two attached hydrogens (primary N) is 1. The molecule has 1 fully saturated rings. The average Bonchev–Trinajstić information content (AvgIpc) is 2.56. The van der Waals surface area contributed by atoms with Crippen LogP contribution < -0.4 is 15.8 Å². The van der Waals surface area contributed by atoms with E-state index in [0.29, 0.717) is 25.5 Å². The first-order valence-corrected chi connectivity index (χ1v) is 8.97. The van der Waals surface area contributed by atoms with Gasteiger partial charge in [0.2, 0.25) is 11.8 Å². The number of piperidine rings is 1. The van der Waals surface area contributed by atoms with Gasteiger partial charge in [-0.2, -0.15) is 0 Å². The first-order chi connectivity index (χ1) is 11.9. The molecule has 2 rings (SSSR count). The van der Waals surface area contributed by atoms with E-state index >= 15 is 0 Å². The Morgan fingerprint density at radius 1 is 1.24 bits per heavy atom. The largest absolute Gasteiger partial charge is 0.493 e. The highest BCUT2D eigenvalue weighted by atomic mass is 16.5. The fraction of sp³-hybridized carbons (Fsp3) is 0.579. The molecule has 0 aromatic heterocycles. The van der Waals surface area contributed by atoms with E-state index in [9.17, 15) is 9.59 Å². The fourth-order valence-corrected chi connectivity index (χ4v) is 2.97. The topological polar surface area (TPSA) is 84.7 Å². The van der Waals surface area contributed by atoms with E-state index in [4.69, 9.17) is 10.5 Å². The molecule has 0 unspecified atom stereocenters. The second kappa shape index (κ2) is 9.42. The summed E-state index contributed by atoms with van der Waals surface area (Å²) in [5, 5.41) is 3.04. The number of rotatable bonds is 8. The van der Waals surface area contributed by atoms with Crippen molar-refractivity contribution >= 4 is 11.8 Å². The molecule has 0 radical (unpaired) electrons. The number of ether oxygens (including phenoxy) is 1. The Morgan fingerprint density at radius 3 is 2.44 bits per heavy atom. The van der Waals surface area contributed by atoms with Crippen LogP contribution in [0.5, 0.6) is 5.75 Å². The maximum atomic E-state index is 12.0. The van der Waals surface area contributed by atoms with Crippen LogP contribution in [0.4, 0.5) is 0 Å². The Kier molecular flexibility index (Phi) is 7.25. The van der Waals surface area contributed by atoms with Gasteiger partial charge in [-0.1, -0.05) is 26.0 Å². The number of carbonyl (C=O) groups is 2. The van der Waals surface area contributed by atoms with Gasteiger partial charge in [-0.3, -0.25) is 14.5 Å². The minimum atomic E-state index is -0.305. The minimum absolute atomic E-state index is 0.00662. The maximum absolute atomic E-state index is 12.0. The Balaban J connectivity index is 1.63. The molecule has 6 heteroatoms. The van der Waals surface area contributed by atoms with Crippen LogP contribution in [0.25, 0.3) is 0 Å². The molecule has 0 spiro atoms. The highest BCUT2D eigenvalue weighted by molar-refractivity contribution is 5.76. The Labute approximate surface area is 149 Å². The number of hydrogen-bond donors (Lipinski definition) is 2. The summed E-state index contributed by atoms with van der Waals surface area (Å²) in [6.07, 6.45) is 2.03. The molecule has 0 bridgehead atoms. The predicted molar refractivity (Wildman–Crippen MR) is 97.4 cm³/mol. The van der Waals surface area contributed by atoms with E-state index in [2.05, 4.69) is 31.3 Å². The van der Waals surface area contributed by atoms with Crippen molar-refractivity contribution in [2.75, 3.05) is 26.2 Å². The average molecular weight is 347 g/mol. The van der Waals surface area contributed by atoms with Crippen molar-refractivity contribution in [3.63, 3.8) is 0 Å². The first-order valence-electron chi connectivity index (χ1n) is 8.97. The number of carbonyl (C=O) groups excluding carboxylic acids is 2. The summed E-state index contributed by atoms with van der Waals surface area (Å²) in [5.74, 6) is 0.986. The molecular formula is C19H29N3O3. The normalized spacial score (nSPS) is 16.0. The number of hydrogen-bond acceptors (Lipinski definition) is 4. The summed E-state index contributed by atoms with van der Waals surface area (Å²) in [5.41, 5.74) is 6.47.